The second kappa shape index (κ2) is 7.37. The van der Waals surface area contributed by atoms with Crippen molar-refractivity contribution >= 4 is 35.0 Å². The molecule has 0 aliphatic carbocycles. The van der Waals surface area contributed by atoms with Gasteiger partial charge in [-0.05, 0) is 36.8 Å². The van der Waals surface area contributed by atoms with Crippen molar-refractivity contribution in [1.29, 1.82) is 0 Å². The topological polar surface area (TPSA) is 33.2 Å². The molecule has 1 aromatic carbocycles. The van der Waals surface area contributed by atoms with E-state index in [-0.39, 0.29) is 16.5 Å². The van der Waals surface area contributed by atoms with E-state index < -0.39 is 0 Å². The Labute approximate surface area is 146 Å². The van der Waals surface area contributed by atoms with Crippen molar-refractivity contribution in [3.8, 4) is 0 Å². The number of nitrogens with zero attached hydrogens (tertiary/aromatic N) is 2. The Hall–Kier alpha value is -1.52. The van der Waals surface area contributed by atoms with Gasteiger partial charge in [-0.3, -0.25) is 14.7 Å². The number of thioether (sulfide) groups is 1. The molecule has 3 rings (SSSR count). The molecule has 2 unspecified atom stereocenters. The van der Waals surface area contributed by atoms with Crippen LogP contribution < -0.4 is 4.90 Å². The van der Waals surface area contributed by atoms with Crippen LogP contribution in [0.15, 0.2) is 48.8 Å². The first kappa shape index (κ1) is 16.3. The first-order valence-electron chi connectivity index (χ1n) is 7.84. The summed E-state index contributed by atoms with van der Waals surface area (Å²) in [5.74, 6) is 0.180. The highest BCUT2D eigenvalue weighted by atomic mass is 35.5. The Balaban J connectivity index is 1.94. The maximum atomic E-state index is 12.9. The molecule has 2 aromatic rings. The fourth-order valence-electron chi connectivity index (χ4n) is 2.74. The lowest BCUT2D eigenvalue weighted by Gasteiger charge is -2.24. The molecule has 0 bridgehead atoms. The lowest BCUT2D eigenvalue weighted by molar-refractivity contribution is -0.117. The predicted octanol–water partition coefficient (Wildman–Crippen LogP) is 5.07. The lowest BCUT2D eigenvalue weighted by Crippen LogP contribution is -2.31. The molecule has 1 aromatic heterocycles. The molecule has 5 heteroatoms. The molecule has 0 spiro atoms. The van der Waals surface area contributed by atoms with E-state index >= 15 is 0 Å². The normalized spacial score (nSPS) is 21.0. The van der Waals surface area contributed by atoms with Crippen molar-refractivity contribution in [2.45, 2.75) is 36.8 Å². The average Bonchev–Trinajstić information content (AvgIpc) is 2.91. The van der Waals surface area contributed by atoms with Crippen LogP contribution in [0.3, 0.4) is 0 Å². The molecule has 3 nitrogen and oxygen atoms in total. The van der Waals surface area contributed by atoms with E-state index in [0.29, 0.717) is 5.02 Å². The summed E-state index contributed by atoms with van der Waals surface area (Å²) in [7, 11) is 0. The van der Waals surface area contributed by atoms with Crippen molar-refractivity contribution in [1.82, 2.24) is 4.98 Å². The first-order valence-corrected chi connectivity index (χ1v) is 9.17. The number of rotatable bonds is 5. The van der Waals surface area contributed by atoms with E-state index in [2.05, 4.69) is 11.9 Å². The zero-order valence-electron chi connectivity index (χ0n) is 13.0. The third-order valence-corrected chi connectivity index (χ3v) is 5.69. The summed E-state index contributed by atoms with van der Waals surface area (Å²) in [6.07, 6.45) is 6.68. The summed E-state index contributed by atoms with van der Waals surface area (Å²) in [6.45, 7) is 2.15. The summed E-state index contributed by atoms with van der Waals surface area (Å²) in [6, 6.07) is 11.4. The number of halogens is 1. The van der Waals surface area contributed by atoms with Gasteiger partial charge >= 0.3 is 0 Å². The summed E-state index contributed by atoms with van der Waals surface area (Å²) in [5.41, 5.74) is 1.94. The van der Waals surface area contributed by atoms with E-state index in [1.165, 1.54) is 0 Å². The number of carbonyl (C=O) groups excluding carboxylic acids is 1. The van der Waals surface area contributed by atoms with Crippen molar-refractivity contribution in [3.63, 3.8) is 0 Å². The summed E-state index contributed by atoms with van der Waals surface area (Å²) >= 11 is 7.71. The van der Waals surface area contributed by atoms with E-state index in [9.17, 15) is 4.79 Å². The average molecular weight is 347 g/mol. The molecule has 0 N–H and O–H groups in total. The van der Waals surface area contributed by atoms with Crippen molar-refractivity contribution < 1.29 is 4.79 Å². The standard InChI is InChI=1S/C18H19ClN2OS/c1-2-3-6-16-17(22)21(15-9-7-14(19)8-10-15)18(23-16)13-5-4-11-20-12-13/h4-5,7-12,16,18H,2-3,6H2,1H3. The smallest absolute Gasteiger partial charge is 0.241 e. The fourth-order valence-corrected chi connectivity index (χ4v) is 4.35. The van der Waals surface area contributed by atoms with E-state index in [1.54, 1.807) is 18.0 Å². The van der Waals surface area contributed by atoms with E-state index in [4.69, 9.17) is 11.6 Å². The molecule has 1 amide bonds. The highest BCUT2D eigenvalue weighted by molar-refractivity contribution is 8.01. The molecular weight excluding hydrogens is 328 g/mol. The molecule has 1 saturated heterocycles. The van der Waals surface area contributed by atoms with Gasteiger partial charge in [0.25, 0.3) is 0 Å². The minimum Gasteiger partial charge on any atom is -0.295 e. The van der Waals surface area contributed by atoms with Crippen LogP contribution in [-0.2, 0) is 4.79 Å². The number of carbonyl (C=O) groups is 1. The lowest BCUT2D eigenvalue weighted by atomic mass is 10.1. The van der Waals surface area contributed by atoms with Gasteiger partial charge in [-0.2, -0.15) is 0 Å². The van der Waals surface area contributed by atoms with Crippen LogP contribution in [0.25, 0.3) is 0 Å². The van der Waals surface area contributed by atoms with Crippen LogP contribution in [-0.4, -0.2) is 16.1 Å². The number of hydrogen-bond donors (Lipinski definition) is 0. The largest absolute Gasteiger partial charge is 0.295 e. The fraction of sp³-hybridized carbons (Fsp3) is 0.333. The molecule has 2 atom stereocenters. The number of unbranched alkanes of at least 4 members (excludes halogenated alkanes) is 1. The van der Waals surface area contributed by atoms with E-state index in [1.807, 2.05) is 47.5 Å². The second-order valence-corrected chi connectivity index (χ2v) is 7.31. The summed E-state index contributed by atoms with van der Waals surface area (Å²) in [5, 5.41) is 0.656. The van der Waals surface area contributed by atoms with Gasteiger partial charge in [0.05, 0.1) is 5.25 Å². The molecule has 0 radical (unpaired) electrons. The van der Waals surface area contributed by atoms with Crippen molar-refractivity contribution in [2.75, 3.05) is 4.90 Å². The minimum absolute atomic E-state index is 0.0100. The molecule has 1 aliphatic rings. The number of anilines is 1. The summed E-state index contributed by atoms with van der Waals surface area (Å²) < 4.78 is 0. The monoisotopic (exact) mass is 346 g/mol. The Morgan fingerprint density at radius 1 is 1.26 bits per heavy atom. The van der Waals surface area contributed by atoms with Gasteiger partial charge in [-0.25, -0.2) is 0 Å². The number of aromatic nitrogens is 1. The maximum absolute atomic E-state index is 12.9. The number of pyridine rings is 1. The van der Waals surface area contributed by atoms with E-state index in [0.717, 1.165) is 30.5 Å². The van der Waals surface area contributed by atoms with Gasteiger partial charge in [0.15, 0.2) is 0 Å². The molecule has 120 valence electrons. The van der Waals surface area contributed by atoms with Crippen LogP contribution in [0.4, 0.5) is 5.69 Å². The predicted molar refractivity (Wildman–Crippen MR) is 96.8 cm³/mol. The van der Waals surface area contributed by atoms with Gasteiger partial charge in [-0.15, -0.1) is 11.8 Å². The van der Waals surface area contributed by atoms with Gasteiger partial charge in [0.1, 0.15) is 5.37 Å². The van der Waals surface area contributed by atoms with Gasteiger partial charge < -0.3 is 0 Å². The minimum atomic E-state index is -0.0285. The Bertz CT molecular complexity index is 662. The molecule has 0 saturated carbocycles. The Morgan fingerprint density at radius 2 is 2.04 bits per heavy atom. The highest BCUT2D eigenvalue weighted by Crippen LogP contribution is 2.46. The van der Waals surface area contributed by atoms with Gasteiger partial charge in [-0.1, -0.05) is 37.4 Å². The van der Waals surface area contributed by atoms with Crippen LogP contribution in [0.5, 0.6) is 0 Å². The number of hydrogen-bond acceptors (Lipinski definition) is 3. The SMILES string of the molecule is CCCCC1SC(c2cccnc2)N(c2ccc(Cl)cc2)C1=O. The van der Waals surface area contributed by atoms with Crippen LogP contribution in [0.2, 0.25) is 5.02 Å². The molecule has 2 heterocycles. The third kappa shape index (κ3) is 3.54. The maximum Gasteiger partial charge on any atom is 0.241 e. The quantitative estimate of drug-likeness (QED) is 0.757. The van der Waals surface area contributed by atoms with Crippen molar-refractivity contribution in [2.24, 2.45) is 0 Å². The first-order chi connectivity index (χ1) is 11.2. The zero-order valence-corrected chi connectivity index (χ0v) is 14.6. The Kier molecular flexibility index (Phi) is 5.23. The summed E-state index contributed by atoms with van der Waals surface area (Å²) in [4.78, 5) is 19.0. The van der Waals surface area contributed by atoms with Gasteiger partial charge in [0, 0.05) is 28.7 Å². The molecular formula is C18H19ClN2OS. The highest BCUT2D eigenvalue weighted by Gasteiger charge is 2.41. The van der Waals surface area contributed by atoms with Crippen molar-refractivity contribution in [3.05, 3.63) is 59.4 Å². The van der Waals surface area contributed by atoms with Crippen LogP contribution in [0.1, 0.15) is 37.1 Å². The molecule has 1 fully saturated rings. The molecule has 1 aliphatic heterocycles. The van der Waals surface area contributed by atoms with Crippen LogP contribution >= 0.6 is 23.4 Å². The van der Waals surface area contributed by atoms with Crippen LogP contribution in [0, 0.1) is 0 Å². The zero-order chi connectivity index (χ0) is 16.2. The second-order valence-electron chi connectivity index (χ2n) is 5.59. The van der Waals surface area contributed by atoms with Gasteiger partial charge in [0.2, 0.25) is 5.91 Å². The third-order valence-electron chi connectivity index (χ3n) is 3.93. The number of amides is 1. The Morgan fingerprint density at radius 3 is 2.70 bits per heavy atom. The number of benzene rings is 1. The molecule has 23 heavy (non-hydrogen) atoms.